The number of nitrogens with one attached hydrogen (secondary N) is 1. The van der Waals surface area contributed by atoms with E-state index < -0.39 is 0 Å². The third kappa shape index (κ3) is 6.87. The standard InChI is InChI=1S/C20H37N3O2/c24-20(17-22-10-4-1-2-5-11-22)21-15-18-8-12-23(13-9-18)16-19-7-3-6-14-25-19/h18-19H,1-17H2,(H,21,24). The summed E-state index contributed by atoms with van der Waals surface area (Å²) in [5, 5.41) is 3.19. The second-order valence-corrected chi connectivity index (χ2v) is 8.23. The summed E-state index contributed by atoms with van der Waals surface area (Å²) in [5.74, 6) is 0.872. The van der Waals surface area contributed by atoms with Gasteiger partial charge in [0.1, 0.15) is 0 Å². The molecule has 3 fully saturated rings. The molecule has 1 N–H and O–H groups in total. The summed E-state index contributed by atoms with van der Waals surface area (Å²) in [6.45, 7) is 8.01. The lowest BCUT2D eigenvalue weighted by Gasteiger charge is -2.35. The second-order valence-electron chi connectivity index (χ2n) is 8.23. The van der Waals surface area contributed by atoms with Crippen LogP contribution in [0.4, 0.5) is 0 Å². The molecule has 3 rings (SSSR count). The average molecular weight is 352 g/mol. The summed E-state index contributed by atoms with van der Waals surface area (Å²) in [6, 6.07) is 0. The molecule has 1 atom stereocenters. The highest BCUT2D eigenvalue weighted by atomic mass is 16.5. The van der Waals surface area contributed by atoms with Crippen molar-refractivity contribution in [3.05, 3.63) is 0 Å². The number of piperidine rings is 1. The van der Waals surface area contributed by atoms with Crippen LogP contribution in [0.3, 0.4) is 0 Å². The van der Waals surface area contributed by atoms with Crippen molar-refractivity contribution in [2.24, 2.45) is 5.92 Å². The molecule has 1 amide bonds. The summed E-state index contributed by atoms with van der Waals surface area (Å²) < 4.78 is 5.86. The molecular weight excluding hydrogens is 314 g/mol. The van der Waals surface area contributed by atoms with E-state index in [2.05, 4.69) is 15.1 Å². The third-order valence-electron chi connectivity index (χ3n) is 6.10. The van der Waals surface area contributed by atoms with Gasteiger partial charge in [-0.15, -0.1) is 0 Å². The van der Waals surface area contributed by atoms with Crippen LogP contribution in [0.15, 0.2) is 0 Å². The van der Waals surface area contributed by atoms with Crippen molar-refractivity contribution in [2.45, 2.75) is 63.9 Å². The topological polar surface area (TPSA) is 44.8 Å². The lowest BCUT2D eigenvalue weighted by Crippen LogP contribution is -2.44. The van der Waals surface area contributed by atoms with Crippen LogP contribution in [0, 0.1) is 5.92 Å². The zero-order valence-electron chi connectivity index (χ0n) is 15.9. The van der Waals surface area contributed by atoms with Crippen LogP contribution in [-0.2, 0) is 9.53 Å². The average Bonchev–Trinajstić information content (AvgIpc) is 2.91. The molecule has 5 heteroatoms. The molecule has 0 radical (unpaired) electrons. The van der Waals surface area contributed by atoms with E-state index in [9.17, 15) is 4.79 Å². The van der Waals surface area contributed by atoms with E-state index in [1.54, 1.807) is 0 Å². The Morgan fingerprint density at radius 1 is 0.880 bits per heavy atom. The van der Waals surface area contributed by atoms with Gasteiger partial charge in [-0.3, -0.25) is 9.69 Å². The van der Waals surface area contributed by atoms with Gasteiger partial charge in [0, 0.05) is 19.7 Å². The molecule has 144 valence electrons. The van der Waals surface area contributed by atoms with Gasteiger partial charge in [-0.25, -0.2) is 0 Å². The van der Waals surface area contributed by atoms with E-state index in [0.29, 0.717) is 18.6 Å². The largest absolute Gasteiger partial charge is 0.377 e. The Hall–Kier alpha value is -0.650. The molecule has 0 aromatic rings. The molecule has 3 heterocycles. The van der Waals surface area contributed by atoms with E-state index >= 15 is 0 Å². The predicted octanol–water partition coefficient (Wildman–Crippen LogP) is 2.26. The maximum atomic E-state index is 12.2. The van der Waals surface area contributed by atoms with Crippen molar-refractivity contribution < 1.29 is 9.53 Å². The van der Waals surface area contributed by atoms with Crippen LogP contribution in [0.25, 0.3) is 0 Å². The number of likely N-dealkylation sites (tertiary alicyclic amines) is 2. The van der Waals surface area contributed by atoms with Gasteiger partial charge in [-0.2, -0.15) is 0 Å². The SMILES string of the molecule is O=C(CN1CCCCCC1)NCC1CCN(CC2CCCCO2)CC1. The van der Waals surface area contributed by atoms with Crippen LogP contribution in [0.5, 0.6) is 0 Å². The zero-order chi connectivity index (χ0) is 17.3. The molecule has 0 aromatic carbocycles. The quantitative estimate of drug-likeness (QED) is 0.797. The van der Waals surface area contributed by atoms with Crippen molar-refractivity contribution in [3.63, 3.8) is 0 Å². The highest BCUT2D eigenvalue weighted by molar-refractivity contribution is 5.78. The molecule has 0 aliphatic carbocycles. The van der Waals surface area contributed by atoms with Gasteiger partial charge >= 0.3 is 0 Å². The summed E-state index contributed by atoms with van der Waals surface area (Å²) in [6.07, 6.45) is 11.8. The summed E-state index contributed by atoms with van der Waals surface area (Å²) in [7, 11) is 0. The number of nitrogens with zero attached hydrogens (tertiary/aromatic N) is 2. The zero-order valence-corrected chi connectivity index (χ0v) is 15.9. The Morgan fingerprint density at radius 3 is 2.32 bits per heavy atom. The third-order valence-corrected chi connectivity index (χ3v) is 6.10. The molecule has 5 nitrogen and oxygen atoms in total. The van der Waals surface area contributed by atoms with Gasteiger partial charge < -0.3 is 15.0 Å². The minimum atomic E-state index is 0.222. The number of carbonyl (C=O) groups is 1. The van der Waals surface area contributed by atoms with Crippen molar-refractivity contribution in [1.29, 1.82) is 0 Å². The monoisotopic (exact) mass is 351 g/mol. The number of rotatable bonds is 6. The van der Waals surface area contributed by atoms with E-state index in [4.69, 9.17) is 4.74 Å². The summed E-state index contributed by atoms with van der Waals surface area (Å²) in [4.78, 5) is 17.1. The maximum absolute atomic E-state index is 12.2. The molecule has 3 saturated heterocycles. The second kappa shape index (κ2) is 10.5. The fourth-order valence-corrected chi connectivity index (χ4v) is 4.42. The van der Waals surface area contributed by atoms with E-state index in [1.807, 2.05) is 0 Å². The molecule has 0 saturated carbocycles. The summed E-state index contributed by atoms with van der Waals surface area (Å²) in [5.41, 5.74) is 0. The van der Waals surface area contributed by atoms with E-state index in [1.165, 1.54) is 57.8 Å². The molecule has 0 bridgehead atoms. The highest BCUT2D eigenvalue weighted by Crippen LogP contribution is 2.20. The normalized spacial score (nSPS) is 27.8. The van der Waals surface area contributed by atoms with Crippen molar-refractivity contribution in [3.8, 4) is 0 Å². The molecular formula is C20H37N3O2. The van der Waals surface area contributed by atoms with Crippen LogP contribution < -0.4 is 5.32 Å². The molecule has 0 spiro atoms. The van der Waals surface area contributed by atoms with Crippen molar-refractivity contribution in [2.75, 3.05) is 52.4 Å². The fraction of sp³-hybridized carbons (Fsp3) is 0.950. The molecule has 3 aliphatic rings. The number of carbonyl (C=O) groups excluding carboxylic acids is 1. The van der Waals surface area contributed by atoms with Crippen LogP contribution in [0.2, 0.25) is 0 Å². The van der Waals surface area contributed by atoms with Gasteiger partial charge in [-0.05, 0) is 77.0 Å². The van der Waals surface area contributed by atoms with Gasteiger partial charge in [0.05, 0.1) is 12.6 Å². The molecule has 25 heavy (non-hydrogen) atoms. The fourth-order valence-electron chi connectivity index (χ4n) is 4.42. The van der Waals surface area contributed by atoms with Gasteiger partial charge in [0.2, 0.25) is 5.91 Å². The number of ether oxygens (including phenoxy) is 1. The number of hydrogen-bond acceptors (Lipinski definition) is 4. The van der Waals surface area contributed by atoms with E-state index in [0.717, 1.165) is 45.9 Å². The van der Waals surface area contributed by atoms with Crippen molar-refractivity contribution >= 4 is 5.91 Å². The summed E-state index contributed by atoms with van der Waals surface area (Å²) >= 11 is 0. The van der Waals surface area contributed by atoms with Crippen LogP contribution in [0.1, 0.15) is 57.8 Å². The molecule has 0 aromatic heterocycles. The van der Waals surface area contributed by atoms with Crippen LogP contribution >= 0.6 is 0 Å². The Labute approximate surface area is 153 Å². The Balaban J connectivity index is 1.27. The molecule has 3 aliphatic heterocycles. The minimum Gasteiger partial charge on any atom is -0.377 e. The van der Waals surface area contributed by atoms with Gasteiger partial charge in [0.25, 0.3) is 0 Å². The Bertz CT molecular complexity index is 382. The number of amides is 1. The van der Waals surface area contributed by atoms with Crippen LogP contribution in [-0.4, -0.2) is 74.2 Å². The highest BCUT2D eigenvalue weighted by Gasteiger charge is 2.23. The number of hydrogen-bond donors (Lipinski definition) is 1. The van der Waals surface area contributed by atoms with Gasteiger partial charge in [0.15, 0.2) is 0 Å². The first kappa shape index (κ1) is 19.1. The van der Waals surface area contributed by atoms with E-state index in [-0.39, 0.29) is 5.91 Å². The first-order valence-electron chi connectivity index (χ1n) is 10.6. The molecule has 1 unspecified atom stereocenters. The van der Waals surface area contributed by atoms with Gasteiger partial charge in [-0.1, -0.05) is 12.8 Å². The predicted molar refractivity (Wildman–Crippen MR) is 101 cm³/mol. The Kier molecular flexibility index (Phi) is 8.02. The first-order valence-corrected chi connectivity index (χ1v) is 10.6. The first-order chi connectivity index (χ1) is 12.3. The maximum Gasteiger partial charge on any atom is 0.234 e. The smallest absolute Gasteiger partial charge is 0.234 e. The lowest BCUT2D eigenvalue weighted by molar-refractivity contribution is -0.122. The minimum absolute atomic E-state index is 0.222. The van der Waals surface area contributed by atoms with Crippen molar-refractivity contribution in [1.82, 2.24) is 15.1 Å². The Morgan fingerprint density at radius 2 is 1.64 bits per heavy atom. The lowest BCUT2D eigenvalue weighted by atomic mass is 9.96.